The number of anilines is 2. The molecule has 1 saturated heterocycles. The topological polar surface area (TPSA) is 84.1 Å². The van der Waals surface area contributed by atoms with E-state index in [1.54, 1.807) is 24.4 Å². The fourth-order valence-electron chi connectivity index (χ4n) is 3.40. The van der Waals surface area contributed by atoms with Crippen molar-refractivity contribution < 1.29 is 9.07 Å². The maximum atomic E-state index is 12.8. The first kappa shape index (κ1) is 18.4. The number of carbonyl (C=O) groups is 1. The number of nitrogens with one attached hydrogen (secondary N) is 1. The molecule has 0 aliphatic carbocycles. The van der Waals surface area contributed by atoms with Crippen LogP contribution in [0, 0.1) is 0 Å². The highest BCUT2D eigenvalue weighted by Gasteiger charge is 2.24. The van der Waals surface area contributed by atoms with Crippen molar-refractivity contribution in [2.75, 3.05) is 30.3 Å². The van der Waals surface area contributed by atoms with Crippen LogP contribution in [0.5, 0.6) is 0 Å². The van der Waals surface area contributed by atoms with Crippen LogP contribution in [0.3, 0.4) is 0 Å². The predicted octanol–water partition coefficient (Wildman–Crippen LogP) is 3.83. The molecule has 1 aliphatic rings. The molecule has 2 aromatic heterocycles. The highest BCUT2D eigenvalue weighted by molar-refractivity contribution is 6.31. The molecule has 0 saturated carbocycles. The summed E-state index contributed by atoms with van der Waals surface area (Å²) in [6, 6.07) is 16.7. The Morgan fingerprint density at radius 1 is 1.18 bits per heavy atom. The molecule has 1 atom stereocenters. The molecule has 1 aliphatic heterocycles. The summed E-state index contributed by atoms with van der Waals surface area (Å²) in [7, 11) is 0. The fraction of sp³-hybridized carbons (Fsp3) is 0.190. The lowest BCUT2D eigenvalue weighted by Crippen LogP contribution is -2.46. The second-order valence-corrected chi connectivity index (χ2v) is 7.03. The summed E-state index contributed by atoms with van der Waals surface area (Å²) in [5.41, 5.74) is 7.62. The molecular formula is C21H26ClN5O. The van der Waals surface area contributed by atoms with Crippen LogP contribution in [-0.4, -0.2) is 35.4 Å². The Morgan fingerprint density at radius 3 is 2.86 bits per heavy atom. The summed E-state index contributed by atoms with van der Waals surface area (Å²) < 4.78 is 0. The van der Waals surface area contributed by atoms with Gasteiger partial charge < -0.3 is 16.0 Å². The lowest BCUT2D eigenvalue weighted by Gasteiger charge is -2.35. The number of ketones is 1. The number of rotatable bonds is 4. The molecule has 1 unspecified atom stereocenters. The van der Waals surface area contributed by atoms with E-state index < -0.39 is 0 Å². The van der Waals surface area contributed by atoms with Gasteiger partial charge in [-0.2, -0.15) is 0 Å². The first-order valence-electron chi connectivity index (χ1n) is 9.08. The van der Waals surface area contributed by atoms with E-state index in [2.05, 4.69) is 20.2 Å². The quantitative estimate of drug-likeness (QED) is 0.648. The molecule has 0 bridgehead atoms. The fourth-order valence-corrected chi connectivity index (χ4v) is 3.66. The van der Waals surface area contributed by atoms with Crippen LogP contribution in [-0.2, 0) is 0 Å². The molecule has 6 nitrogen and oxygen atoms in total. The number of pyridine rings is 2. The maximum Gasteiger partial charge on any atom is 0.215 e. The van der Waals surface area contributed by atoms with Gasteiger partial charge in [0.1, 0.15) is 17.3 Å². The number of carbonyl (C=O) groups excluding carboxylic acids is 1. The lowest BCUT2D eigenvalue weighted by atomic mass is 10.0. The monoisotopic (exact) mass is 399 g/mol. The van der Waals surface area contributed by atoms with E-state index in [1.807, 2.05) is 36.4 Å². The molecule has 0 spiro atoms. The van der Waals surface area contributed by atoms with Gasteiger partial charge in [-0.3, -0.25) is 4.79 Å². The number of hydrogen-bond acceptors (Lipinski definition) is 6. The SMILES string of the molecule is Nc1ncccc1C(=O)c1cccc(N2CCNC(c3ccccc3Cl)C2)n1.[HH].[HH].[HH]. The van der Waals surface area contributed by atoms with Gasteiger partial charge in [-0.25, -0.2) is 9.97 Å². The minimum Gasteiger partial charge on any atom is -0.383 e. The van der Waals surface area contributed by atoms with Gasteiger partial charge in [0.05, 0.1) is 11.6 Å². The number of piperazine rings is 1. The molecule has 148 valence electrons. The second kappa shape index (κ2) is 7.96. The highest BCUT2D eigenvalue weighted by atomic mass is 35.5. The van der Waals surface area contributed by atoms with E-state index in [1.165, 1.54) is 0 Å². The molecule has 28 heavy (non-hydrogen) atoms. The van der Waals surface area contributed by atoms with Crippen molar-refractivity contribution >= 4 is 29.0 Å². The Bertz CT molecular complexity index is 1020. The molecule has 0 amide bonds. The van der Waals surface area contributed by atoms with Crippen LogP contribution in [0.1, 0.15) is 31.9 Å². The first-order chi connectivity index (χ1) is 13.6. The first-order valence-corrected chi connectivity index (χ1v) is 9.46. The van der Waals surface area contributed by atoms with Crippen molar-refractivity contribution in [3.05, 3.63) is 82.6 Å². The van der Waals surface area contributed by atoms with Crippen LogP contribution >= 0.6 is 11.6 Å². The number of nitrogen functional groups attached to an aromatic ring is 1. The van der Waals surface area contributed by atoms with Crippen molar-refractivity contribution in [1.29, 1.82) is 0 Å². The van der Waals surface area contributed by atoms with E-state index in [0.29, 0.717) is 17.8 Å². The molecule has 1 fully saturated rings. The number of nitrogens with zero attached hydrogens (tertiary/aromatic N) is 3. The summed E-state index contributed by atoms with van der Waals surface area (Å²) in [6.07, 6.45) is 1.56. The average Bonchev–Trinajstić information content (AvgIpc) is 2.74. The van der Waals surface area contributed by atoms with Gasteiger partial charge in [-0.05, 0) is 35.9 Å². The van der Waals surface area contributed by atoms with E-state index in [9.17, 15) is 4.79 Å². The average molecular weight is 400 g/mol. The van der Waals surface area contributed by atoms with Crippen LogP contribution in [0.4, 0.5) is 11.6 Å². The van der Waals surface area contributed by atoms with Crippen molar-refractivity contribution in [2.24, 2.45) is 0 Å². The Balaban J connectivity index is 0.00000160. The Morgan fingerprint density at radius 2 is 2.04 bits per heavy atom. The van der Waals surface area contributed by atoms with Gasteiger partial charge in [0.15, 0.2) is 0 Å². The van der Waals surface area contributed by atoms with E-state index in [0.717, 1.165) is 29.5 Å². The Labute approximate surface area is 172 Å². The van der Waals surface area contributed by atoms with Gasteiger partial charge in [-0.1, -0.05) is 35.9 Å². The Hall–Kier alpha value is -2.96. The standard InChI is InChI=1S/C21H20ClN5O.3H2/c22-16-7-2-1-5-14(16)18-13-27(12-11-24-18)19-9-3-8-17(26-19)20(28)15-6-4-10-25-21(15)23;;;/h1-10,18,24H,11-13H2,(H2,23,25);3*1H. The van der Waals surface area contributed by atoms with E-state index in [4.69, 9.17) is 17.3 Å². The normalized spacial score (nSPS) is 16.8. The summed E-state index contributed by atoms with van der Waals surface area (Å²) in [6.45, 7) is 2.30. The number of benzene rings is 1. The zero-order valence-corrected chi connectivity index (χ0v) is 15.9. The summed E-state index contributed by atoms with van der Waals surface area (Å²) in [4.78, 5) is 23.5. The lowest BCUT2D eigenvalue weighted by molar-refractivity contribution is 0.103. The number of nitrogens with two attached hydrogens (primary N) is 1. The molecule has 3 N–H and O–H groups in total. The molecule has 7 heteroatoms. The van der Waals surface area contributed by atoms with Crippen LogP contribution < -0.4 is 16.0 Å². The third-order valence-electron chi connectivity index (χ3n) is 4.83. The molecule has 4 rings (SSSR count). The van der Waals surface area contributed by atoms with Crippen LogP contribution in [0.2, 0.25) is 5.02 Å². The largest absolute Gasteiger partial charge is 0.383 e. The minimum atomic E-state index is -0.231. The van der Waals surface area contributed by atoms with E-state index in [-0.39, 0.29) is 21.9 Å². The van der Waals surface area contributed by atoms with Crippen molar-refractivity contribution in [3.63, 3.8) is 0 Å². The summed E-state index contributed by atoms with van der Waals surface area (Å²) in [5.74, 6) is 0.734. The van der Waals surface area contributed by atoms with Crippen LogP contribution in [0.25, 0.3) is 0 Å². The number of hydrogen-bond donors (Lipinski definition) is 2. The van der Waals surface area contributed by atoms with Crippen molar-refractivity contribution in [2.45, 2.75) is 6.04 Å². The van der Waals surface area contributed by atoms with Gasteiger partial charge in [0, 0.05) is 35.1 Å². The molecule has 0 radical (unpaired) electrons. The van der Waals surface area contributed by atoms with Gasteiger partial charge in [0.2, 0.25) is 5.78 Å². The van der Waals surface area contributed by atoms with Gasteiger partial charge >= 0.3 is 0 Å². The minimum absolute atomic E-state index is 0. The zero-order chi connectivity index (χ0) is 19.5. The molecular weight excluding hydrogens is 374 g/mol. The molecule has 1 aromatic carbocycles. The van der Waals surface area contributed by atoms with Crippen molar-refractivity contribution in [1.82, 2.24) is 15.3 Å². The summed E-state index contributed by atoms with van der Waals surface area (Å²) >= 11 is 6.36. The third kappa shape index (κ3) is 3.69. The van der Waals surface area contributed by atoms with Gasteiger partial charge in [0.25, 0.3) is 0 Å². The predicted molar refractivity (Wildman–Crippen MR) is 117 cm³/mol. The molecule has 3 aromatic rings. The number of aromatic nitrogens is 2. The second-order valence-electron chi connectivity index (χ2n) is 6.62. The van der Waals surface area contributed by atoms with Gasteiger partial charge in [-0.15, -0.1) is 0 Å². The number of halogens is 1. The third-order valence-corrected chi connectivity index (χ3v) is 5.17. The van der Waals surface area contributed by atoms with Crippen molar-refractivity contribution in [3.8, 4) is 0 Å². The Kier molecular flexibility index (Phi) is 5.23. The van der Waals surface area contributed by atoms with E-state index >= 15 is 0 Å². The smallest absolute Gasteiger partial charge is 0.215 e. The molecule has 3 heterocycles. The zero-order valence-electron chi connectivity index (χ0n) is 15.2. The van der Waals surface area contributed by atoms with Crippen LogP contribution in [0.15, 0.2) is 60.8 Å². The highest BCUT2D eigenvalue weighted by Crippen LogP contribution is 2.27. The maximum absolute atomic E-state index is 12.8. The summed E-state index contributed by atoms with van der Waals surface area (Å²) in [5, 5.41) is 4.24.